The van der Waals surface area contributed by atoms with Crippen LogP contribution in [0.25, 0.3) is 21.5 Å². The van der Waals surface area contributed by atoms with E-state index in [-0.39, 0.29) is 5.91 Å². The molecule has 0 bridgehead atoms. The fourth-order valence-electron chi connectivity index (χ4n) is 2.57. The van der Waals surface area contributed by atoms with Crippen LogP contribution in [0, 0.1) is 6.92 Å². The number of rotatable bonds is 3. The van der Waals surface area contributed by atoms with Gasteiger partial charge in [0.15, 0.2) is 0 Å². The zero-order valence-electron chi connectivity index (χ0n) is 13.0. The van der Waals surface area contributed by atoms with Crippen LogP contribution in [0.5, 0.6) is 0 Å². The zero-order valence-corrected chi connectivity index (χ0v) is 13.9. The minimum atomic E-state index is -0.110. The highest BCUT2D eigenvalue weighted by Gasteiger charge is 2.14. The van der Waals surface area contributed by atoms with Crippen LogP contribution in [-0.4, -0.2) is 16.1 Å². The summed E-state index contributed by atoms with van der Waals surface area (Å²) in [5, 5.41) is 13.3. The lowest BCUT2D eigenvalue weighted by molar-refractivity contribution is 0.102. The summed E-state index contributed by atoms with van der Waals surface area (Å²) in [6.45, 7) is 2.02. The lowest BCUT2D eigenvalue weighted by Crippen LogP contribution is -2.10. The maximum atomic E-state index is 12.4. The number of amides is 1. The summed E-state index contributed by atoms with van der Waals surface area (Å²) in [4.78, 5) is 13.4. The van der Waals surface area contributed by atoms with Gasteiger partial charge in [-0.3, -0.25) is 9.89 Å². The molecule has 0 fully saturated rings. The molecule has 0 aliphatic rings. The first-order valence-corrected chi connectivity index (χ1v) is 8.49. The third-order valence-corrected chi connectivity index (χ3v) is 4.81. The van der Waals surface area contributed by atoms with E-state index in [1.54, 1.807) is 0 Å². The molecule has 0 saturated carbocycles. The van der Waals surface area contributed by atoms with Crippen molar-refractivity contribution in [2.24, 2.45) is 0 Å². The molecule has 24 heavy (non-hydrogen) atoms. The fourth-order valence-corrected chi connectivity index (χ4v) is 3.46. The monoisotopic (exact) mass is 333 g/mol. The highest BCUT2D eigenvalue weighted by Crippen LogP contribution is 2.31. The number of hydrogen-bond acceptors (Lipinski definition) is 3. The summed E-state index contributed by atoms with van der Waals surface area (Å²) < 4.78 is 0. The van der Waals surface area contributed by atoms with E-state index in [0.717, 1.165) is 32.7 Å². The van der Waals surface area contributed by atoms with Gasteiger partial charge in [-0.15, -0.1) is 11.3 Å². The van der Waals surface area contributed by atoms with Crippen LogP contribution in [0.15, 0.2) is 60.0 Å². The minimum Gasteiger partial charge on any atom is -0.322 e. The van der Waals surface area contributed by atoms with Crippen molar-refractivity contribution in [3.05, 3.63) is 71.1 Å². The molecule has 0 aliphatic heterocycles. The van der Waals surface area contributed by atoms with Crippen LogP contribution >= 0.6 is 11.3 Å². The standard InChI is InChI=1S/C19H15N3OS/c1-12-6-8-14(9-7-12)20-19(23)13-10-17(24-11-13)18-15-4-2-3-5-16(15)21-22-18/h2-11H,1H3,(H,20,23)(H,21,22). The van der Waals surface area contributed by atoms with Crippen LogP contribution < -0.4 is 5.32 Å². The highest BCUT2D eigenvalue weighted by molar-refractivity contribution is 7.14. The zero-order chi connectivity index (χ0) is 16.5. The fraction of sp³-hybridized carbons (Fsp3) is 0.0526. The number of benzene rings is 2. The lowest BCUT2D eigenvalue weighted by Gasteiger charge is -2.03. The predicted molar refractivity (Wildman–Crippen MR) is 98.5 cm³/mol. The Morgan fingerprint density at radius 1 is 1.12 bits per heavy atom. The number of thiophene rings is 1. The molecular formula is C19H15N3OS. The summed E-state index contributed by atoms with van der Waals surface area (Å²) in [6.07, 6.45) is 0. The minimum absolute atomic E-state index is 0.110. The molecule has 4 nitrogen and oxygen atoms in total. The van der Waals surface area contributed by atoms with Crippen molar-refractivity contribution in [1.29, 1.82) is 0 Å². The van der Waals surface area contributed by atoms with Gasteiger partial charge in [0.05, 0.1) is 16.0 Å². The molecule has 2 heterocycles. The molecule has 1 amide bonds. The molecule has 2 aromatic heterocycles. The normalized spacial score (nSPS) is 10.9. The summed E-state index contributed by atoms with van der Waals surface area (Å²) in [5.41, 5.74) is 4.47. The van der Waals surface area contributed by atoms with Crippen LogP contribution in [0.4, 0.5) is 5.69 Å². The van der Waals surface area contributed by atoms with Gasteiger partial charge in [0.25, 0.3) is 5.91 Å². The number of carbonyl (C=O) groups is 1. The molecule has 0 atom stereocenters. The van der Waals surface area contributed by atoms with Gasteiger partial charge in [-0.2, -0.15) is 5.10 Å². The van der Waals surface area contributed by atoms with Crippen LogP contribution in [0.1, 0.15) is 15.9 Å². The van der Waals surface area contributed by atoms with Crippen molar-refractivity contribution in [1.82, 2.24) is 10.2 Å². The van der Waals surface area contributed by atoms with E-state index in [4.69, 9.17) is 0 Å². The number of fused-ring (bicyclic) bond motifs is 1. The number of nitrogens with zero attached hydrogens (tertiary/aromatic N) is 1. The van der Waals surface area contributed by atoms with Crippen molar-refractivity contribution in [3.8, 4) is 10.6 Å². The van der Waals surface area contributed by atoms with Gasteiger partial charge in [-0.05, 0) is 31.2 Å². The Morgan fingerprint density at radius 3 is 2.75 bits per heavy atom. The van der Waals surface area contributed by atoms with E-state index in [1.807, 2.05) is 66.9 Å². The second kappa shape index (κ2) is 5.94. The SMILES string of the molecule is Cc1ccc(NC(=O)c2csc(-c3n[nH]c4ccccc34)c2)cc1. The maximum absolute atomic E-state index is 12.4. The topological polar surface area (TPSA) is 57.8 Å². The van der Waals surface area contributed by atoms with E-state index in [9.17, 15) is 4.79 Å². The molecule has 118 valence electrons. The molecular weight excluding hydrogens is 318 g/mol. The largest absolute Gasteiger partial charge is 0.322 e. The molecule has 0 aliphatic carbocycles. The molecule has 0 saturated heterocycles. The Labute approximate surface area is 143 Å². The Kier molecular flexibility index (Phi) is 3.63. The van der Waals surface area contributed by atoms with E-state index in [2.05, 4.69) is 15.5 Å². The summed E-state index contributed by atoms with van der Waals surface area (Å²) in [7, 11) is 0. The second-order valence-electron chi connectivity index (χ2n) is 5.64. The quantitative estimate of drug-likeness (QED) is 0.563. The van der Waals surface area contributed by atoms with Gasteiger partial charge in [0.2, 0.25) is 0 Å². The van der Waals surface area contributed by atoms with Gasteiger partial charge in [0.1, 0.15) is 5.69 Å². The van der Waals surface area contributed by atoms with Gasteiger partial charge >= 0.3 is 0 Å². The van der Waals surface area contributed by atoms with E-state index >= 15 is 0 Å². The Balaban J connectivity index is 1.60. The van der Waals surface area contributed by atoms with Gasteiger partial charge in [-0.1, -0.05) is 35.9 Å². The molecule has 4 aromatic rings. The van der Waals surface area contributed by atoms with Crippen molar-refractivity contribution in [2.45, 2.75) is 6.92 Å². The first-order chi connectivity index (χ1) is 11.7. The van der Waals surface area contributed by atoms with Crippen molar-refractivity contribution < 1.29 is 4.79 Å². The Bertz CT molecular complexity index is 1010. The number of aromatic amines is 1. The van der Waals surface area contributed by atoms with E-state index in [0.29, 0.717) is 5.56 Å². The maximum Gasteiger partial charge on any atom is 0.256 e. The average Bonchev–Trinajstić information content (AvgIpc) is 3.23. The molecule has 2 aromatic carbocycles. The van der Waals surface area contributed by atoms with Gasteiger partial charge < -0.3 is 5.32 Å². The van der Waals surface area contributed by atoms with Crippen molar-refractivity contribution in [2.75, 3.05) is 5.32 Å². The van der Waals surface area contributed by atoms with Crippen LogP contribution in [0.3, 0.4) is 0 Å². The predicted octanol–water partition coefficient (Wildman–Crippen LogP) is 4.85. The van der Waals surface area contributed by atoms with Crippen molar-refractivity contribution in [3.63, 3.8) is 0 Å². The first kappa shape index (κ1) is 14.7. The van der Waals surface area contributed by atoms with Crippen molar-refractivity contribution >= 4 is 33.8 Å². The molecule has 4 rings (SSSR count). The Morgan fingerprint density at radius 2 is 1.92 bits per heavy atom. The number of aromatic nitrogens is 2. The van der Waals surface area contributed by atoms with E-state index in [1.165, 1.54) is 11.3 Å². The number of carbonyl (C=O) groups excluding carboxylic acids is 1. The number of para-hydroxylation sites is 1. The number of hydrogen-bond donors (Lipinski definition) is 2. The summed E-state index contributed by atoms with van der Waals surface area (Å²) in [6, 6.07) is 17.6. The third kappa shape index (κ3) is 2.70. The number of nitrogens with one attached hydrogen (secondary N) is 2. The summed E-state index contributed by atoms with van der Waals surface area (Å²) >= 11 is 1.52. The van der Waals surface area contributed by atoms with Gasteiger partial charge in [-0.25, -0.2) is 0 Å². The molecule has 0 radical (unpaired) electrons. The molecule has 0 spiro atoms. The number of anilines is 1. The smallest absolute Gasteiger partial charge is 0.256 e. The van der Waals surface area contributed by atoms with Crippen LogP contribution in [-0.2, 0) is 0 Å². The lowest BCUT2D eigenvalue weighted by atomic mass is 10.1. The molecule has 0 unspecified atom stereocenters. The average molecular weight is 333 g/mol. The Hall–Kier alpha value is -2.92. The number of aryl methyl sites for hydroxylation is 1. The van der Waals surface area contributed by atoms with Gasteiger partial charge in [0, 0.05) is 16.5 Å². The first-order valence-electron chi connectivity index (χ1n) is 7.61. The second-order valence-corrected chi connectivity index (χ2v) is 6.55. The summed E-state index contributed by atoms with van der Waals surface area (Å²) in [5.74, 6) is -0.110. The number of H-pyrrole nitrogens is 1. The highest BCUT2D eigenvalue weighted by atomic mass is 32.1. The third-order valence-electron chi connectivity index (χ3n) is 3.87. The molecule has 2 N–H and O–H groups in total. The molecule has 5 heteroatoms. The van der Waals surface area contributed by atoms with E-state index < -0.39 is 0 Å². The van der Waals surface area contributed by atoms with Crippen LogP contribution in [0.2, 0.25) is 0 Å².